The van der Waals surface area contributed by atoms with Crippen LogP contribution < -0.4 is 14.2 Å². The van der Waals surface area contributed by atoms with Crippen molar-refractivity contribution in [2.75, 3.05) is 27.9 Å². The number of rotatable bonds is 8. The number of ether oxygens (including phenoxy) is 4. The number of allylic oxidation sites excluding steroid dienone is 1. The van der Waals surface area contributed by atoms with E-state index in [9.17, 15) is 9.90 Å². The zero-order valence-corrected chi connectivity index (χ0v) is 15.1. The summed E-state index contributed by atoms with van der Waals surface area (Å²) >= 11 is 0. The average molecular weight is 358 g/mol. The molecule has 2 aromatic carbocycles. The second-order valence-corrected chi connectivity index (χ2v) is 5.37. The highest BCUT2D eigenvalue weighted by Gasteiger charge is 2.27. The largest absolute Gasteiger partial charge is 0.507 e. The lowest BCUT2D eigenvalue weighted by Crippen LogP contribution is -2.11. The zero-order valence-electron chi connectivity index (χ0n) is 15.1. The molecular formula is C20H22O6. The maximum Gasteiger partial charge on any atom is 0.342 e. The van der Waals surface area contributed by atoms with Gasteiger partial charge in [-0.3, -0.25) is 0 Å². The quantitative estimate of drug-likeness (QED) is 0.574. The molecule has 0 aromatic heterocycles. The van der Waals surface area contributed by atoms with E-state index in [-0.39, 0.29) is 30.1 Å². The van der Waals surface area contributed by atoms with E-state index in [0.717, 1.165) is 0 Å². The molecule has 0 aliphatic carbocycles. The Hall–Kier alpha value is -3.15. The summed E-state index contributed by atoms with van der Waals surface area (Å²) in [5, 5.41) is 11.7. The summed E-state index contributed by atoms with van der Waals surface area (Å²) in [7, 11) is 4.44. The molecule has 6 heteroatoms. The smallest absolute Gasteiger partial charge is 0.342 e. The second kappa shape index (κ2) is 8.29. The Balaban J connectivity index is 2.95. The lowest BCUT2D eigenvalue weighted by atomic mass is 9.94. The molecule has 0 atom stereocenters. The third kappa shape index (κ3) is 3.31. The van der Waals surface area contributed by atoms with Gasteiger partial charge in [0.15, 0.2) is 0 Å². The molecule has 0 spiro atoms. The van der Waals surface area contributed by atoms with E-state index in [1.807, 2.05) is 0 Å². The van der Waals surface area contributed by atoms with Crippen molar-refractivity contribution in [1.82, 2.24) is 0 Å². The van der Waals surface area contributed by atoms with Crippen LogP contribution in [0.3, 0.4) is 0 Å². The third-order valence-corrected chi connectivity index (χ3v) is 3.92. The monoisotopic (exact) mass is 358 g/mol. The van der Waals surface area contributed by atoms with Crippen molar-refractivity contribution in [2.24, 2.45) is 0 Å². The normalized spacial score (nSPS) is 10.3. The molecule has 0 bridgehead atoms. The first-order chi connectivity index (χ1) is 12.5. The fourth-order valence-electron chi connectivity index (χ4n) is 2.80. The number of hydrogen-bond acceptors (Lipinski definition) is 6. The highest BCUT2D eigenvalue weighted by molar-refractivity contribution is 6.08. The molecule has 0 aliphatic heterocycles. The minimum atomic E-state index is -0.631. The van der Waals surface area contributed by atoms with Crippen molar-refractivity contribution < 1.29 is 28.8 Å². The van der Waals surface area contributed by atoms with E-state index in [2.05, 4.69) is 13.2 Å². The fraction of sp³-hybridized carbons (Fsp3) is 0.250. The van der Waals surface area contributed by atoms with Crippen LogP contribution >= 0.6 is 0 Å². The molecule has 2 rings (SSSR count). The SMILES string of the molecule is C=CCOC(=O)c1c(CC=C)c(O)c2cc(OC)cc(OC)c2c1OC. The van der Waals surface area contributed by atoms with Gasteiger partial charge in [0.25, 0.3) is 0 Å². The van der Waals surface area contributed by atoms with Gasteiger partial charge in [-0.25, -0.2) is 4.79 Å². The number of carbonyl (C=O) groups excluding carboxylic acids is 1. The first kappa shape index (κ1) is 19.2. The van der Waals surface area contributed by atoms with Crippen LogP contribution in [0.15, 0.2) is 37.4 Å². The van der Waals surface area contributed by atoms with Gasteiger partial charge in [-0.15, -0.1) is 6.58 Å². The molecule has 2 aromatic rings. The number of esters is 1. The summed E-state index contributed by atoms with van der Waals surface area (Å²) < 4.78 is 21.4. The minimum Gasteiger partial charge on any atom is -0.507 e. The van der Waals surface area contributed by atoms with Gasteiger partial charge in [-0.05, 0) is 12.5 Å². The molecule has 138 valence electrons. The molecule has 0 amide bonds. The lowest BCUT2D eigenvalue weighted by Gasteiger charge is -2.19. The highest BCUT2D eigenvalue weighted by Crippen LogP contribution is 2.46. The Morgan fingerprint density at radius 3 is 2.38 bits per heavy atom. The Kier molecular flexibility index (Phi) is 6.11. The van der Waals surface area contributed by atoms with Gasteiger partial charge in [-0.2, -0.15) is 0 Å². The van der Waals surface area contributed by atoms with Crippen LogP contribution in [-0.4, -0.2) is 39.0 Å². The van der Waals surface area contributed by atoms with E-state index < -0.39 is 5.97 Å². The number of phenolic OH excluding ortho intramolecular Hbond substituents is 1. The van der Waals surface area contributed by atoms with Crippen molar-refractivity contribution in [3.05, 3.63) is 48.6 Å². The summed E-state index contributed by atoms with van der Waals surface area (Å²) in [4.78, 5) is 12.6. The second-order valence-electron chi connectivity index (χ2n) is 5.37. The van der Waals surface area contributed by atoms with Crippen LogP contribution in [0.25, 0.3) is 10.8 Å². The molecule has 0 heterocycles. The number of methoxy groups -OCH3 is 3. The van der Waals surface area contributed by atoms with Crippen molar-refractivity contribution in [3.8, 4) is 23.0 Å². The van der Waals surface area contributed by atoms with Crippen LogP contribution in [0.1, 0.15) is 15.9 Å². The minimum absolute atomic E-state index is 0.0358. The standard InChI is InChI=1S/C20H22O6/c1-6-8-13-17(20(22)26-9-7-2)19(25-5)16-14(18(13)21)10-12(23-3)11-15(16)24-4/h6-7,10-11,21H,1-2,8-9H2,3-5H3. The van der Waals surface area contributed by atoms with Gasteiger partial charge in [0, 0.05) is 17.0 Å². The third-order valence-electron chi connectivity index (χ3n) is 3.92. The molecule has 0 saturated carbocycles. The van der Waals surface area contributed by atoms with Crippen LogP contribution in [0.5, 0.6) is 23.0 Å². The van der Waals surface area contributed by atoms with Crippen LogP contribution in [0.4, 0.5) is 0 Å². The Bertz CT molecular complexity index is 853. The molecule has 26 heavy (non-hydrogen) atoms. The summed E-state index contributed by atoms with van der Waals surface area (Å²) in [5.41, 5.74) is 0.483. The van der Waals surface area contributed by atoms with Gasteiger partial charge in [0.05, 0.1) is 26.7 Å². The summed E-state index contributed by atoms with van der Waals surface area (Å²) in [6, 6.07) is 3.30. The maximum atomic E-state index is 12.6. The maximum absolute atomic E-state index is 12.6. The molecule has 0 radical (unpaired) electrons. The van der Waals surface area contributed by atoms with Crippen molar-refractivity contribution in [3.63, 3.8) is 0 Å². The number of aromatic hydroxyl groups is 1. The first-order valence-electron chi connectivity index (χ1n) is 7.90. The van der Waals surface area contributed by atoms with E-state index in [1.54, 1.807) is 18.2 Å². The Labute approximate surface area is 152 Å². The fourth-order valence-corrected chi connectivity index (χ4v) is 2.80. The number of phenols is 1. The number of fused-ring (bicyclic) bond motifs is 1. The Morgan fingerprint density at radius 2 is 1.85 bits per heavy atom. The number of benzene rings is 2. The topological polar surface area (TPSA) is 74.2 Å². The predicted octanol–water partition coefficient (Wildman–Crippen LogP) is 3.64. The van der Waals surface area contributed by atoms with E-state index in [4.69, 9.17) is 18.9 Å². The summed E-state index contributed by atoms with van der Waals surface area (Å²) in [6.45, 7) is 7.26. The first-order valence-corrected chi connectivity index (χ1v) is 7.90. The molecule has 6 nitrogen and oxygen atoms in total. The van der Waals surface area contributed by atoms with Crippen molar-refractivity contribution >= 4 is 16.7 Å². The summed E-state index contributed by atoms with van der Waals surface area (Å²) in [6.07, 6.45) is 3.29. The molecule has 0 saturated heterocycles. The zero-order chi connectivity index (χ0) is 19.3. The lowest BCUT2D eigenvalue weighted by molar-refractivity contribution is 0.0544. The van der Waals surface area contributed by atoms with Crippen molar-refractivity contribution in [1.29, 1.82) is 0 Å². The number of carbonyl (C=O) groups is 1. The predicted molar refractivity (Wildman–Crippen MR) is 99.6 cm³/mol. The Morgan fingerprint density at radius 1 is 1.12 bits per heavy atom. The van der Waals surface area contributed by atoms with Crippen LogP contribution in [0.2, 0.25) is 0 Å². The molecule has 0 fully saturated rings. The summed E-state index contributed by atoms with van der Waals surface area (Å²) in [5.74, 6) is 0.438. The van der Waals surface area contributed by atoms with E-state index >= 15 is 0 Å². The molecular weight excluding hydrogens is 336 g/mol. The van der Waals surface area contributed by atoms with E-state index in [1.165, 1.54) is 27.4 Å². The van der Waals surface area contributed by atoms with Crippen LogP contribution in [0, 0.1) is 0 Å². The number of hydrogen-bond donors (Lipinski definition) is 1. The van der Waals surface area contributed by atoms with Gasteiger partial charge in [0.1, 0.15) is 35.2 Å². The van der Waals surface area contributed by atoms with Gasteiger partial charge >= 0.3 is 5.97 Å². The molecule has 0 aliphatic rings. The highest BCUT2D eigenvalue weighted by atomic mass is 16.5. The van der Waals surface area contributed by atoms with Gasteiger partial charge in [-0.1, -0.05) is 18.7 Å². The van der Waals surface area contributed by atoms with Gasteiger partial charge in [0.2, 0.25) is 0 Å². The average Bonchev–Trinajstić information content (AvgIpc) is 2.67. The molecule has 0 unspecified atom stereocenters. The molecule has 1 N–H and O–H groups in total. The van der Waals surface area contributed by atoms with Crippen LogP contribution in [-0.2, 0) is 11.2 Å². The van der Waals surface area contributed by atoms with E-state index in [0.29, 0.717) is 27.8 Å². The van der Waals surface area contributed by atoms with Crippen molar-refractivity contribution in [2.45, 2.75) is 6.42 Å². The van der Waals surface area contributed by atoms with Gasteiger partial charge < -0.3 is 24.1 Å².